The van der Waals surface area contributed by atoms with Crippen LogP contribution in [0.25, 0.3) is 0 Å². The number of alkyl halides is 2. The minimum Gasteiger partial charge on any atom is -0.481 e. The zero-order valence-electron chi connectivity index (χ0n) is 8.49. The predicted octanol–water partition coefficient (Wildman–Crippen LogP) is 0.105. The van der Waals surface area contributed by atoms with Gasteiger partial charge in [0, 0.05) is 6.54 Å². The van der Waals surface area contributed by atoms with Crippen LogP contribution in [-0.4, -0.2) is 43.2 Å². The molecule has 0 aromatic heterocycles. The monoisotopic (exact) mass is 237 g/mol. The van der Waals surface area contributed by atoms with Crippen LogP contribution in [0.15, 0.2) is 0 Å². The summed E-state index contributed by atoms with van der Waals surface area (Å²) in [6.07, 6.45) is -2.17. The van der Waals surface area contributed by atoms with Crippen molar-refractivity contribution in [3.8, 4) is 0 Å². The molecule has 2 N–H and O–H groups in total. The lowest BCUT2D eigenvalue weighted by Gasteiger charge is -2.05. The van der Waals surface area contributed by atoms with Gasteiger partial charge >= 0.3 is 5.97 Å². The molecule has 5 nitrogen and oxygen atoms in total. The maximum Gasteiger partial charge on any atom is 0.307 e. The Morgan fingerprint density at radius 1 is 1.44 bits per heavy atom. The van der Waals surface area contributed by atoms with E-state index in [0.29, 0.717) is 6.42 Å². The Labute approximate surface area is 90.8 Å². The van der Waals surface area contributed by atoms with Gasteiger partial charge in [0.05, 0.1) is 18.4 Å². The molecule has 16 heavy (non-hydrogen) atoms. The molecule has 92 valence electrons. The Balaban J connectivity index is 2.02. The molecule has 1 fully saturated rings. The van der Waals surface area contributed by atoms with Gasteiger partial charge in [0.2, 0.25) is 5.91 Å². The van der Waals surface area contributed by atoms with Crippen LogP contribution in [0.4, 0.5) is 8.78 Å². The molecule has 1 aliphatic rings. The first-order valence-electron chi connectivity index (χ1n) is 4.88. The second-order valence-corrected chi connectivity index (χ2v) is 3.54. The van der Waals surface area contributed by atoms with Gasteiger partial charge < -0.3 is 15.2 Å². The van der Waals surface area contributed by atoms with Gasteiger partial charge in [-0.1, -0.05) is 0 Å². The first-order chi connectivity index (χ1) is 7.52. The molecule has 1 saturated carbocycles. The fourth-order valence-corrected chi connectivity index (χ4v) is 1.31. The molecule has 1 rings (SSSR count). The molecule has 0 aromatic rings. The number of carboxylic acid groups (broad SMARTS) is 1. The maximum absolute atomic E-state index is 11.6. The quantitative estimate of drug-likeness (QED) is 0.616. The smallest absolute Gasteiger partial charge is 0.307 e. The Morgan fingerprint density at radius 3 is 2.62 bits per heavy atom. The van der Waals surface area contributed by atoms with E-state index in [1.165, 1.54) is 0 Å². The summed E-state index contributed by atoms with van der Waals surface area (Å²) in [7, 11) is 0. The number of hydrogen-bond donors (Lipinski definition) is 2. The summed E-state index contributed by atoms with van der Waals surface area (Å²) in [5, 5.41) is 11.0. The molecular formula is C9H13F2NO4. The van der Waals surface area contributed by atoms with Crippen LogP contribution in [0.1, 0.15) is 6.42 Å². The first kappa shape index (κ1) is 12.8. The molecular weight excluding hydrogens is 224 g/mol. The van der Waals surface area contributed by atoms with Crippen LogP contribution < -0.4 is 5.32 Å². The van der Waals surface area contributed by atoms with E-state index >= 15 is 0 Å². The number of carbonyl (C=O) groups excluding carboxylic acids is 1. The second-order valence-electron chi connectivity index (χ2n) is 3.54. The SMILES string of the molecule is O=C(O)C1CC1C(=O)NCCOCC(F)F. The number of carbonyl (C=O) groups is 2. The van der Waals surface area contributed by atoms with Gasteiger partial charge in [-0.05, 0) is 6.42 Å². The third-order valence-corrected chi connectivity index (χ3v) is 2.23. The van der Waals surface area contributed by atoms with Gasteiger partial charge in [0.15, 0.2) is 0 Å². The van der Waals surface area contributed by atoms with E-state index in [1.54, 1.807) is 0 Å². The van der Waals surface area contributed by atoms with Gasteiger partial charge in [-0.3, -0.25) is 9.59 Å². The van der Waals surface area contributed by atoms with E-state index in [1.807, 2.05) is 0 Å². The van der Waals surface area contributed by atoms with Crippen LogP contribution in [0.3, 0.4) is 0 Å². The molecule has 0 heterocycles. The lowest BCUT2D eigenvalue weighted by atomic mass is 10.3. The van der Waals surface area contributed by atoms with E-state index in [-0.39, 0.29) is 19.1 Å². The molecule has 0 aliphatic heterocycles. The van der Waals surface area contributed by atoms with Crippen LogP contribution in [0.5, 0.6) is 0 Å². The van der Waals surface area contributed by atoms with E-state index in [4.69, 9.17) is 5.11 Å². The number of nitrogens with one attached hydrogen (secondary N) is 1. The van der Waals surface area contributed by atoms with Crippen molar-refractivity contribution in [1.29, 1.82) is 0 Å². The number of halogens is 2. The number of aliphatic carboxylic acids is 1. The molecule has 1 aliphatic carbocycles. The molecule has 0 radical (unpaired) electrons. The molecule has 1 amide bonds. The summed E-state index contributed by atoms with van der Waals surface area (Å²) in [5.41, 5.74) is 0. The third-order valence-electron chi connectivity index (χ3n) is 2.23. The molecule has 0 bridgehead atoms. The number of rotatable bonds is 7. The van der Waals surface area contributed by atoms with Crippen molar-refractivity contribution in [2.75, 3.05) is 19.8 Å². The lowest BCUT2D eigenvalue weighted by molar-refractivity contribution is -0.140. The topological polar surface area (TPSA) is 75.6 Å². The van der Waals surface area contributed by atoms with E-state index in [2.05, 4.69) is 10.1 Å². The molecule has 2 unspecified atom stereocenters. The summed E-state index contributed by atoms with van der Waals surface area (Å²) >= 11 is 0. The van der Waals surface area contributed by atoms with Crippen LogP contribution in [0, 0.1) is 11.8 Å². The molecule has 7 heteroatoms. The minimum absolute atomic E-state index is 0.000534. The Bertz CT molecular complexity index is 272. The van der Waals surface area contributed by atoms with Crippen molar-refractivity contribution in [2.24, 2.45) is 11.8 Å². The summed E-state index contributed by atoms with van der Waals surface area (Å²) in [6.45, 7) is -0.536. The normalized spacial score (nSPS) is 23.2. The Kier molecular flexibility index (Phi) is 4.60. The van der Waals surface area contributed by atoms with Gasteiger partial charge in [-0.15, -0.1) is 0 Å². The number of ether oxygens (including phenoxy) is 1. The molecule has 0 saturated heterocycles. The van der Waals surface area contributed by atoms with Crippen molar-refractivity contribution >= 4 is 11.9 Å². The van der Waals surface area contributed by atoms with Crippen molar-refractivity contribution in [2.45, 2.75) is 12.8 Å². The highest BCUT2D eigenvalue weighted by atomic mass is 19.3. The number of amides is 1. The van der Waals surface area contributed by atoms with Gasteiger partial charge in [-0.25, -0.2) is 8.78 Å². The largest absolute Gasteiger partial charge is 0.481 e. The highest BCUT2D eigenvalue weighted by Gasteiger charge is 2.48. The van der Waals surface area contributed by atoms with Crippen LogP contribution in [-0.2, 0) is 14.3 Å². The number of carboxylic acids is 1. The average molecular weight is 237 g/mol. The van der Waals surface area contributed by atoms with Crippen LogP contribution >= 0.6 is 0 Å². The standard InChI is InChI=1S/C9H13F2NO4/c10-7(11)4-16-2-1-12-8(13)5-3-6(5)9(14)15/h5-7H,1-4H2,(H,12,13)(H,14,15). The Hall–Kier alpha value is -1.24. The highest BCUT2D eigenvalue weighted by Crippen LogP contribution is 2.38. The second kappa shape index (κ2) is 5.74. The van der Waals surface area contributed by atoms with Crippen molar-refractivity contribution in [3.63, 3.8) is 0 Å². The van der Waals surface area contributed by atoms with Gasteiger partial charge in [-0.2, -0.15) is 0 Å². The molecule has 0 aromatic carbocycles. The zero-order valence-corrected chi connectivity index (χ0v) is 8.49. The summed E-state index contributed by atoms with van der Waals surface area (Å²) in [6, 6.07) is 0. The van der Waals surface area contributed by atoms with E-state index < -0.39 is 30.8 Å². The fraction of sp³-hybridized carbons (Fsp3) is 0.778. The first-order valence-corrected chi connectivity index (χ1v) is 4.88. The minimum atomic E-state index is -2.52. The van der Waals surface area contributed by atoms with E-state index in [0.717, 1.165) is 0 Å². The predicted molar refractivity (Wildman–Crippen MR) is 49.1 cm³/mol. The van der Waals surface area contributed by atoms with Gasteiger partial charge in [0.1, 0.15) is 6.61 Å². The average Bonchev–Trinajstić information content (AvgIpc) is 2.95. The van der Waals surface area contributed by atoms with Crippen molar-refractivity contribution < 1.29 is 28.2 Å². The summed E-state index contributed by atoms with van der Waals surface area (Å²) in [4.78, 5) is 21.7. The zero-order chi connectivity index (χ0) is 12.1. The summed E-state index contributed by atoms with van der Waals surface area (Å²) in [5.74, 6) is -2.41. The highest BCUT2D eigenvalue weighted by molar-refractivity contribution is 5.89. The Morgan fingerprint density at radius 2 is 2.12 bits per heavy atom. The maximum atomic E-state index is 11.6. The fourth-order valence-electron chi connectivity index (χ4n) is 1.31. The lowest BCUT2D eigenvalue weighted by Crippen LogP contribution is -2.30. The number of hydrogen-bond acceptors (Lipinski definition) is 3. The molecule has 2 atom stereocenters. The van der Waals surface area contributed by atoms with Crippen LogP contribution in [0.2, 0.25) is 0 Å². The van der Waals surface area contributed by atoms with Crippen molar-refractivity contribution in [1.82, 2.24) is 5.32 Å². The van der Waals surface area contributed by atoms with Gasteiger partial charge in [0.25, 0.3) is 6.43 Å². The molecule has 0 spiro atoms. The third kappa shape index (κ3) is 4.09. The van der Waals surface area contributed by atoms with Crippen molar-refractivity contribution in [3.05, 3.63) is 0 Å². The summed E-state index contributed by atoms with van der Waals surface area (Å²) < 4.78 is 27.8. The van der Waals surface area contributed by atoms with E-state index in [9.17, 15) is 18.4 Å².